The van der Waals surface area contributed by atoms with E-state index >= 15 is 0 Å². The molecule has 0 N–H and O–H groups in total. The largest absolute Gasteiger partial charge is 0.496 e. The van der Waals surface area contributed by atoms with E-state index in [9.17, 15) is 13.2 Å². The molecule has 156 valence electrons. The number of likely N-dealkylation sites (tertiary alicyclic amines) is 1. The number of amides is 1. The van der Waals surface area contributed by atoms with Crippen LogP contribution in [-0.4, -0.2) is 81.4 Å². The summed E-state index contributed by atoms with van der Waals surface area (Å²) in [5.74, 6) is 0.757. The summed E-state index contributed by atoms with van der Waals surface area (Å²) >= 11 is 3.35. The maximum atomic E-state index is 12.9. The quantitative estimate of drug-likeness (QED) is 0.655. The van der Waals surface area contributed by atoms with E-state index in [0.717, 1.165) is 25.9 Å². The van der Waals surface area contributed by atoms with Crippen molar-refractivity contribution in [3.63, 3.8) is 0 Å². The Morgan fingerprint density at radius 3 is 2.25 bits per heavy atom. The predicted molar refractivity (Wildman–Crippen MR) is 111 cm³/mol. The summed E-state index contributed by atoms with van der Waals surface area (Å²) in [4.78, 5) is 16.8. The summed E-state index contributed by atoms with van der Waals surface area (Å²) in [5, 5.41) is 0. The fraction of sp³-hybridized carbons (Fsp3) is 0.632. The van der Waals surface area contributed by atoms with E-state index in [-0.39, 0.29) is 10.8 Å². The Morgan fingerprint density at radius 1 is 1.04 bits per heavy atom. The van der Waals surface area contributed by atoms with Gasteiger partial charge in [-0.2, -0.15) is 4.31 Å². The zero-order valence-electron chi connectivity index (χ0n) is 16.3. The van der Waals surface area contributed by atoms with Gasteiger partial charge in [0.25, 0.3) is 0 Å². The van der Waals surface area contributed by atoms with Gasteiger partial charge >= 0.3 is 0 Å². The molecule has 0 saturated carbocycles. The van der Waals surface area contributed by atoms with Gasteiger partial charge in [-0.3, -0.25) is 9.69 Å². The first-order chi connectivity index (χ1) is 13.4. The van der Waals surface area contributed by atoms with Crippen LogP contribution in [0.4, 0.5) is 0 Å². The monoisotopic (exact) mass is 473 g/mol. The summed E-state index contributed by atoms with van der Waals surface area (Å²) in [6, 6.07) is 4.78. The lowest BCUT2D eigenvalue weighted by Gasteiger charge is -2.34. The zero-order chi connectivity index (χ0) is 20.1. The van der Waals surface area contributed by atoms with Crippen molar-refractivity contribution in [3.05, 3.63) is 22.7 Å². The molecule has 3 rings (SSSR count). The number of ether oxygens (including phenoxy) is 1. The van der Waals surface area contributed by atoms with E-state index < -0.39 is 10.0 Å². The van der Waals surface area contributed by atoms with Gasteiger partial charge < -0.3 is 9.64 Å². The fourth-order valence-electron chi connectivity index (χ4n) is 3.70. The normalized spacial score (nSPS) is 20.0. The van der Waals surface area contributed by atoms with Gasteiger partial charge in [0, 0.05) is 39.3 Å². The van der Waals surface area contributed by atoms with Crippen molar-refractivity contribution in [2.24, 2.45) is 0 Å². The molecule has 2 fully saturated rings. The summed E-state index contributed by atoms with van der Waals surface area (Å²) in [7, 11) is -2.02. The van der Waals surface area contributed by atoms with Gasteiger partial charge in [-0.15, -0.1) is 0 Å². The second kappa shape index (κ2) is 9.56. The number of halogens is 1. The highest BCUT2D eigenvalue weighted by atomic mass is 79.9. The molecule has 9 heteroatoms. The maximum Gasteiger partial charge on any atom is 0.243 e. The third-order valence-corrected chi connectivity index (χ3v) is 7.92. The van der Waals surface area contributed by atoms with E-state index in [1.807, 2.05) is 4.90 Å². The Kier molecular flexibility index (Phi) is 7.36. The van der Waals surface area contributed by atoms with Crippen LogP contribution in [0.1, 0.15) is 25.7 Å². The SMILES string of the molecule is COc1ccc(S(=O)(=O)N2CCN(CC(=O)N3CCCCCC3)CC2)cc1Br. The number of hydrogen-bond donors (Lipinski definition) is 0. The average molecular weight is 474 g/mol. The first kappa shape index (κ1) is 21.5. The molecule has 0 bridgehead atoms. The van der Waals surface area contributed by atoms with E-state index in [0.29, 0.717) is 42.9 Å². The first-order valence-corrected chi connectivity index (χ1v) is 12.0. The first-order valence-electron chi connectivity index (χ1n) is 9.75. The molecule has 2 heterocycles. The van der Waals surface area contributed by atoms with Crippen molar-refractivity contribution in [2.45, 2.75) is 30.6 Å². The minimum absolute atomic E-state index is 0.164. The number of carbonyl (C=O) groups is 1. The molecule has 0 aromatic heterocycles. The number of carbonyl (C=O) groups excluding carboxylic acids is 1. The zero-order valence-corrected chi connectivity index (χ0v) is 18.7. The molecule has 0 radical (unpaired) electrons. The minimum Gasteiger partial charge on any atom is -0.496 e. The van der Waals surface area contributed by atoms with Crippen LogP contribution >= 0.6 is 15.9 Å². The standard InChI is InChI=1S/C19H28BrN3O4S/c1-27-18-7-6-16(14-17(18)20)28(25,26)23-12-10-21(11-13-23)15-19(24)22-8-4-2-3-5-9-22/h6-7,14H,2-5,8-13,15H2,1H3. The minimum atomic E-state index is -3.56. The number of piperazine rings is 1. The number of benzene rings is 1. The summed E-state index contributed by atoms with van der Waals surface area (Å²) in [6.07, 6.45) is 4.55. The fourth-order valence-corrected chi connectivity index (χ4v) is 5.84. The van der Waals surface area contributed by atoms with Gasteiger partial charge in [0.1, 0.15) is 5.75 Å². The maximum absolute atomic E-state index is 12.9. The Labute approximate surface area is 175 Å². The highest BCUT2D eigenvalue weighted by molar-refractivity contribution is 9.10. The Balaban J connectivity index is 1.57. The molecule has 1 amide bonds. The van der Waals surface area contributed by atoms with Crippen LogP contribution in [0.3, 0.4) is 0 Å². The summed E-state index contributed by atoms with van der Waals surface area (Å²) in [6.45, 7) is 3.98. The molecule has 2 aliphatic rings. The van der Waals surface area contributed by atoms with Crippen LogP contribution in [0.2, 0.25) is 0 Å². The Morgan fingerprint density at radius 2 is 1.68 bits per heavy atom. The van der Waals surface area contributed by atoms with Crippen LogP contribution in [0, 0.1) is 0 Å². The third-order valence-electron chi connectivity index (χ3n) is 5.41. The molecule has 7 nitrogen and oxygen atoms in total. The molecule has 0 spiro atoms. The van der Waals surface area contributed by atoms with Crippen molar-refractivity contribution in [3.8, 4) is 5.75 Å². The van der Waals surface area contributed by atoms with Gasteiger partial charge in [0.15, 0.2) is 0 Å². The van der Waals surface area contributed by atoms with Crippen molar-refractivity contribution in [1.82, 2.24) is 14.1 Å². The predicted octanol–water partition coefficient (Wildman–Crippen LogP) is 2.17. The Hall–Kier alpha value is -1.16. The smallest absolute Gasteiger partial charge is 0.243 e. The molecule has 0 unspecified atom stereocenters. The number of methoxy groups -OCH3 is 1. The lowest BCUT2D eigenvalue weighted by atomic mass is 10.2. The van der Waals surface area contributed by atoms with Crippen LogP contribution in [0.5, 0.6) is 5.75 Å². The molecule has 0 atom stereocenters. The van der Waals surface area contributed by atoms with Gasteiger partial charge in [-0.05, 0) is 47.0 Å². The number of rotatable bonds is 5. The van der Waals surface area contributed by atoms with Crippen LogP contribution in [0.25, 0.3) is 0 Å². The van der Waals surface area contributed by atoms with E-state index in [1.54, 1.807) is 25.3 Å². The van der Waals surface area contributed by atoms with Crippen LogP contribution in [-0.2, 0) is 14.8 Å². The second-order valence-corrected chi connectivity index (χ2v) is 10.1. The average Bonchev–Trinajstić information content (AvgIpc) is 2.98. The van der Waals surface area contributed by atoms with Crippen molar-refractivity contribution in [1.29, 1.82) is 0 Å². The van der Waals surface area contributed by atoms with Crippen molar-refractivity contribution < 1.29 is 17.9 Å². The molecule has 2 saturated heterocycles. The lowest BCUT2D eigenvalue weighted by molar-refractivity contribution is -0.132. The molecule has 1 aromatic rings. The molecule has 0 aliphatic carbocycles. The molecule has 2 aliphatic heterocycles. The second-order valence-electron chi connectivity index (χ2n) is 7.27. The Bertz CT molecular complexity index is 786. The van der Waals surface area contributed by atoms with Gasteiger partial charge in [0.05, 0.1) is 23.0 Å². The summed E-state index contributed by atoms with van der Waals surface area (Å²) < 4.78 is 33.1. The van der Waals surface area contributed by atoms with Gasteiger partial charge in [0.2, 0.25) is 15.9 Å². The van der Waals surface area contributed by atoms with Crippen LogP contribution < -0.4 is 4.74 Å². The topological polar surface area (TPSA) is 70.2 Å². The number of nitrogens with zero attached hydrogens (tertiary/aromatic N) is 3. The van der Waals surface area contributed by atoms with Crippen LogP contribution in [0.15, 0.2) is 27.6 Å². The van der Waals surface area contributed by atoms with E-state index in [2.05, 4.69) is 20.8 Å². The van der Waals surface area contributed by atoms with Gasteiger partial charge in [-0.1, -0.05) is 12.8 Å². The third kappa shape index (κ3) is 5.06. The van der Waals surface area contributed by atoms with Crippen molar-refractivity contribution in [2.75, 3.05) is 52.9 Å². The highest BCUT2D eigenvalue weighted by Gasteiger charge is 2.30. The highest BCUT2D eigenvalue weighted by Crippen LogP contribution is 2.29. The molecular formula is C19H28BrN3O4S. The van der Waals surface area contributed by atoms with Gasteiger partial charge in [-0.25, -0.2) is 8.42 Å². The molecule has 1 aromatic carbocycles. The molecular weight excluding hydrogens is 446 g/mol. The lowest BCUT2D eigenvalue weighted by Crippen LogP contribution is -2.51. The van der Waals surface area contributed by atoms with Crippen molar-refractivity contribution >= 4 is 31.9 Å². The number of hydrogen-bond acceptors (Lipinski definition) is 5. The molecule has 28 heavy (non-hydrogen) atoms. The number of sulfonamides is 1. The summed E-state index contributed by atoms with van der Waals surface area (Å²) in [5.41, 5.74) is 0. The van der Waals surface area contributed by atoms with E-state index in [4.69, 9.17) is 4.74 Å². The van der Waals surface area contributed by atoms with E-state index in [1.165, 1.54) is 17.1 Å².